The molecule has 160 valence electrons. The minimum absolute atomic E-state index is 0.0179. The van der Waals surface area contributed by atoms with Gasteiger partial charge >= 0.3 is 0 Å². The fourth-order valence-corrected chi connectivity index (χ4v) is 4.64. The van der Waals surface area contributed by atoms with Crippen LogP contribution in [0.2, 0.25) is 0 Å². The van der Waals surface area contributed by atoms with Crippen LogP contribution in [0, 0.1) is 41.9 Å². The number of fused-ring (bicyclic) bond motifs is 1. The summed E-state index contributed by atoms with van der Waals surface area (Å²) in [6, 6.07) is 6.52. The Balaban J connectivity index is 1.69. The number of aliphatic hydroxyl groups is 2. The van der Waals surface area contributed by atoms with E-state index in [2.05, 4.69) is 23.7 Å². The first kappa shape index (κ1) is 22.6. The van der Waals surface area contributed by atoms with Gasteiger partial charge in [0.15, 0.2) is 0 Å². The van der Waals surface area contributed by atoms with Crippen molar-refractivity contribution in [2.45, 2.75) is 63.1 Å². The molecule has 0 aromatic heterocycles. The molecule has 2 N–H and O–H groups in total. The van der Waals surface area contributed by atoms with Crippen molar-refractivity contribution < 1.29 is 22.8 Å². The van der Waals surface area contributed by atoms with Crippen molar-refractivity contribution in [2.24, 2.45) is 11.3 Å². The highest BCUT2D eigenvalue weighted by molar-refractivity contribution is 7.86. The largest absolute Gasteiger partial charge is 0.383 e. The van der Waals surface area contributed by atoms with Crippen molar-refractivity contribution in [1.29, 1.82) is 0 Å². The van der Waals surface area contributed by atoms with Gasteiger partial charge in [0.1, 0.15) is 11.7 Å². The zero-order valence-electron chi connectivity index (χ0n) is 17.6. The lowest BCUT2D eigenvalue weighted by Gasteiger charge is -2.24. The summed E-state index contributed by atoms with van der Waals surface area (Å²) in [5, 5.41) is 21.1. The highest BCUT2D eigenvalue weighted by Gasteiger charge is 2.39. The molecule has 0 spiro atoms. The monoisotopic (exact) mass is 428 g/mol. The second-order valence-electron chi connectivity index (χ2n) is 8.81. The Morgan fingerprint density at radius 3 is 2.60 bits per heavy atom. The Labute approximate surface area is 179 Å². The van der Waals surface area contributed by atoms with Crippen LogP contribution in [0.3, 0.4) is 0 Å². The van der Waals surface area contributed by atoms with Crippen LogP contribution in [0.15, 0.2) is 40.8 Å². The summed E-state index contributed by atoms with van der Waals surface area (Å²) in [6.07, 6.45) is 2.59. The Morgan fingerprint density at radius 2 is 1.90 bits per heavy atom. The molecule has 0 bridgehead atoms. The van der Waals surface area contributed by atoms with Gasteiger partial charge in [-0.3, -0.25) is 4.18 Å². The van der Waals surface area contributed by atoms with Gasteiger partial charge in [-0.15, -0.1) is 0 Å². The summed E-state index contributed by atoms with van der Waals surface area (Å²) in [5.41, 5.74) is -0.0298. The molecular weight excluding hydrogens is 400 g/mol. The van der Waals surface area contributed by atoms with Crippen LogP contribution in [0.5, 0.6) is 0 Å². The topological polar surface area (TPSA) is 83.8 Å². The molecule has 0 saturated carbocycles. The minimum Gasteiger partial charge on any atom is -0.383 e. The van der Waals surface area contributed by atoms with Gasteiger partial charge in [-0.2, -0.15) is 8.42 Å². The standard InChI is InChI=1S/C24H28O5S/c1-18-6-8-22(9-7-18)30(27,28)29-14-11-19-15-20-10-13-23(2,3)17-21(25)5-4-12-24(20,26)16-19/h6-9,15,19,21,25-26H,11-12,14,16-17H2,1-3H3. The van der Waals surface area contributed by atoms with Crippen molar-refractivity contribution in [3.63, 3.8) is 0 Å². The van der Waals surface area contributed by atoms with Crippen LogP contribution >= 0.6 is 0 Å². The molecule has 0 saturated heterocycles. The quantitative estimate of drug-likeness (QED) is 0.557. The number of rotatable bonds is 5. The molecule has 0 aliphatic heterocycles. The fourth-order valence-electron chi connectivity index (χ4n) is 3.72. The zero-order chi connectivity index (χ0) is 22.0. The summed E-state index contributed by atoms with van der Waals surface area (Å²) in [5.74, 6) is 11.9. The first-order valence-corrected chi connectivity index (χ1v) is 11.5. The van der Waals surface area contributed by atoms with Crippen LogP contribution in [0.25, 0.3) is 0 Å². The van der Waals surface area contributed by atoms with Gasteiger partial charge in [0.25, 0.3) is 10.1 Å². The molecule has 3 atom stereocenters. The second-order valence-corrected chi connectivity index (χ2v) is 10.4. The highest BCUT2D eigenvalue weighted by atomic mass is 32.2. The van der Waals surface area contributed by atoms with E-state index in [9.17, 15) is 18.6 Å². The van der Waals surface area contributed by atoms with Gasteiger partial charge < -0.3 is 10.2 Å². The normalized spacial score (nSPS) is 27.7. The predicted octanol–water partition coefficient (Wildman–Crippen LogP) is 2.96. The maximum absolute atomic E-state index is 12.3. The lowest BCUT2D eigenvalue weighted by molar-refractivity contribution is 0.0771. The molecular formula is C24H28O5S. The maximum Gasteiger partial charge on any atom is 0.296 e. The molecule has 2 aliphatic carbocycles. The molecule has 2 aliphatic rings. The van der Waals surface area contributed by atoms with E-state index in [1.54, 1.807) is 12.1 Å². The van der Waals surface area contributed by atoms with E-state index in [-0.39, 0.29) is 23.8 Å². The maximum atomic E-state index is 12.3. The van der Waals surface area contributed by atoms with E-state index >= 15 is 0 Å². The van der Waals surface area contributed by atoms with Gasteiger partial charge in [-0.05, 0) is 51.7 Å². The summed E-state index contributed by atoms with van der Waals surface area (Å²) >= 11 is 0. The molecule has 1 aromatic carbocycles. The minimum atomic E-state index is -3.81. The lowest BCUT2D eigenvalue weighted by atomic mass is 9.84. The van der Waals surface area contributed by atoms with Crippen molar-refractivity contribution >= 4 is 10.1 Å². The van der Waals surface area contributed by atoms with Gasteiger partial charge in [0.2, 0.25) is 0 Å². The summed E-state index contributed by atoms with van der Waals surface area (Å²) in [6.45, 7) is 5.77. The number of benzene rings is 1. The number of aliphatic hydroxyl groups excluding tert-OH is 1. The number of hydrogen-bond acceptors (Lipinski definition) is 5. The lowest BCUT2D eigenvalue weighted by Crippen LogP contribution is -2.29. The fraction of sp³-hybridized carbons (Fsp3) is 0.500. The van der Waals surface area contributed by atoms with Crippen LogP contribution in [0.1, 0.15) is 45.1 Å². The Bertz CT molecular complexity index is 1040. The smallest absolute Gasteiger partial charge is 0.296 e. The van der Waals surface area contributed by atoms with Crippen LogP contribution in [-0.2, 0) is 14.3 Å². The van der Waals surface area contributed by atoms with Gasteiger partial charge in [0, 0.05) is 23.8 Å². The Kier molecular flexibility index (Phi) is 6.45. The second kappa shape index (κ2) is 8.57. The third-order valence-electron chi connectivity index (χ3n) is 5.43. The first-order chi connectivity index (χ1) is 14.0. The summed E-state index contributed by atoms with van der Waals surface area (Å²) < 4.78 is 29.9. The van der Waals surface area contributed by atoms with E-state index in [0.717, 1.165) is 5.56 Å². The predicted molar refractivity (Wildman–Crippen MR) is 115 cm³/mol. The molecule has 0 amide bonds. The third kappa shape index (κ3) is 5.53. The molecule has 0 radical (unpaired) electrons. The van der Waals surface area contributed by atoms with Crippen LogP contribution in [0.4, 0.5) is 0 Å². The van der Waals surface area contributed by atoms with E-state index in [1.165, 1.54) is 12.1 Å². The van der Waals surface area contributed by atoms with Crippen molar-refractivity contribution in [1.82, 2.24) is 0 Å². The molecule has 3 unspecified atom stereocenters. The van der Waals surface area contributed by atoms with Crippen molar-refractivity contribution in [3.8, 4) is 23.7 Å². The SMILES string of the molecule is Cc1ccc(S(=O)(=O)OCCC2C=C3C#CC(C)(C)CC(O)C#CCC3(O)C2)cc1. The van der Waals surface area contributed by atoms with Crippen LogP contribution < -0.4 is 0 Å². The zero-order valence-corrected chi connectivity index (χ0v) is 18.4. The van der Waals surface area contributed by atoms with Gasteiger partial charge in [-0.1, -0.05) is 47.5 Å². The van der Waals surface area contributed by atoms with E-state index in [4.69, 9.17) is 4.18 Å². The molecule has 30 heavy (non-hydrogen) atoms. The Hall–Kier alpha value is -2.09. The number of aryl methyl sites for hydroxylation is 1. The number of allylic oxidation sites excluding steroid dienone is 1. The number of hydrogen-bond donors (Lipinski definition) is 2. The van der Waals surface area contributed by atoms with E-state index in [1.807, 2.05) is 26.8 Å². The molecule has 0 fully saturated rings. The first-order valence-electron chi connectivity index (χ1n) is 10.1. The molecule has 1 aromatic rings. The van der Waals surface area contributed by atoms with E-state index in [0.29, 0.717) is 24.8 Å². The van der Waals surface area contributed by atoms with Gasteiger partial charge in [0.05, 0.1) is 11.5 Å². The average Bonchev–Trinajstić information content (AvgIpc) is 2.95. The summed E-state index contributed by atoms with van der Waals surface area (Å²) in [4.78, 5) is 0.132. The van der Waals surface area contributed by atoms with Crippen molar-refractivity contribution in [2.75, 3.05) is 6.61 Å². The molecule has 0 heterocycles. The molecule has 5 nitrogen and oxygen atoms in total. The summed E-state index contributed by atoms with van der Waals surface area (Å²) in [7, 11) is -3.81. The van der Waals surface area contributed by atoms with Gasteiger partial charge in [-0.25, -0.2) is 0 Å². The highest BCUT2D eigenvalue weighted by Crippen LogP contribution is 2.39. The molecule has 3 rings (SSSR count). The average molecular weight is 429 g/mol. The van der Waals surface area contributed by atoms with Crippen molar-refractivity contribution in [3.05, 3.63) is 41.5 Å². The molecule has 6 heteroatoms. The van der Waals surface area contributed by atoms with Crippen LogP contribution in [-0.4, -0.2) is 36.9 Å². The third-order valence-corrected chi connectivity index (χ3v) is 6.76. The van der Waals surface area contributed by atoms with E-state index < -0.39 is 27.2 Å². The Morgan fingerprint density at radius 1 is 1.20 bits per heavy atom.